The van der Waals surface area contributed by atoms with E-state index in [2.05, 4.69) is 0 Å². The quantitative estimate of drug-likeness (QED) is 0.437. The highest BCUT2D eigenvalue weighted by Crippen LogP contribution is 2.55. The lowest BCUT2D eigenvalue weighted by molar-refractivity contribution is -0.140. The largest absolute Gasteiger partial charge is 0.508 e. The highest BCUT2D eigenvalue weighted by molar-refractivity contribution is 6.23. The second-order valence-corrected chi connectivity index (χ2v) is 9.60. The van der Waals surface area contributed by atoms with Crippen molar-refractivity contribution >= 4 is 23.4 Å². The van der Waals surface area contributed by atoms with Crippen LogP contribution in [0.15, 0.2) is 52.6 Å². The lowest BCUT2D eigenvalue weighted by Gasteiger charge is -2.42. The van der Waals surface area contributed by atoms with Crippen LogP contribution in [0.2, 0.25) is 0 Å². The van der Waals surface area contributed by atoms with Crippen LogP contribution in [0.4, 0.5) is 0 Å². The Hall–Kier alpha value is -3.28. The lowest BCUT2D eigenvalue weighted by atomic mass is 9.59. The van der Waals surface area contributed by atoms with Crippen molar-refractivity contribution < 1.29 is 24.3 Å². The van der Waals surface area contributed by atoms with Crippen LogP contribution in [0, 0.1) is 24.7 Å². The van der Waals surface area contributed by atoms with Gasteiger partial charge in [-0.15, -0.1) is 0 Å². The second kappa shape index (κ2) is 7.65. The average Bonchev–Trinajstić information content (AvgIpc) is 3.03. The lowest BCUT2D eigenvalue weighted by Crippen LogP contribution is -2.39. The monoisotopic (exact) mass is 445 g/mol. The number of carbonyl (C=O) groups is 4. The van der Waals surface area contributed by atoms with Crippen LogP contribution >= 0.6 is 0 Å². The molecule has 0 aromatic heterocycles. The van der Waals surface area contributed by atoms with Gasteiger partial charge in [-0.1, -0.05) is 30.7 Å². The Morgan fingerprint density at radius 3 is 2.52 bits per heavy atom. The first-order valence-corrected chi connectivity index (χ1v) is 11.6. The number of amides is 2. The number of allylic oxidation sites excluding steroid dienone is 6. The normalized spacial score (nSPS) is 29.0. The molecule has 0 bridgehead atoms. The molecule has 1 aromatic carbocycles. The van der Waals surface area contributed by atoms with E-state index in [-0.39, 0.29) is 35.0 Å². The number of benzene rings is 1. The molecule has 6 heteroatoms. The van der Waals surface area contributed by atoms with Gasteiger partial charge in [0.1, 0.15) is 5.75 Å². The first-order valence-electron chi connectivity index (χ1n) is 11.6. The highest BCUT2D eigenvalue weighted by Gasteiger charge is 2.56. The maximum atomic E-state index is 13.4. The Morgan fingerprint density at radius 1 is 1.06 bits per heavy atom. The van der Waals surface area contributed by atoms with Crippen LogP contribution in [-0.2, 0) is 19.2 Å². The van der Waals surface area contributed by atoms with Gasteiger partial charge in [-0.3, -0.25) is 24.1 Å². The number of nitrogens with zero attached hydrogens (tertiary/aromatic N) is 1. The summed E-state index contributed by atoms with van der Waals surface area (Å²) in [6.07, 6.45) is 4.87. The van der Waals surface area contributed by atoms with Crippen LogP contribution in [0.25, 0.3) is 0 Å². The van der Waals surface area contributed by atoms with Crippen molar-refractivity contribution in [2.75, 3.05) is 6.54 Å². The van der Waals surface area contributed by atoms with Crippen LogP contribution < -0.4 is 0 Å². The fourth-order valence-corrected chi connectivity index (χ4v) is 6.13. The number of imide groups is 1. The molecule has 5 rings (SSSR count). The van der Waals surface area contributed by atoms with Crippen LogP contribution in [-0.4, -0.2) is 39.9 Å². The van der Waals surface area contributed by atoms with E-state index in [9.17, 15) is 24.3 Å². The minimum Gasteiger partial charge on any atom is -0.508 e. The van der Waals surface area contributed by atoms with Crippen molar-refractivity contribution in [3.05, 3.63) is 63.8 Å². The molecule has 3 aliphatic carbocycles. The summed E-state index contributed by atoms with van der Waals surface area (Å²) < 4.78 is 0. The van der Waals surface area contributed by atoms with Gasteiger partial charge in [-0.2, -0.15) is 0 Å². The first kappa shape index (κ1) is 21.6. The number of fused-ring (bicyclic) bond motifs is 3. The van der Waals surface area contributed by atoms with Crippen molar-refractivity contribution in [3.8, 4) is 5.75 Å². The minimum absolute atomic E-state index is 0.124. The van der Waals surface area contributed by atoms with Gasteiger partial charge < -0.3 is 5.11 Å². The summed E-state index contributed by atoms with van der Waals surface area (Å²) in [6.45, 7) is 5.78. The standard InChI is InChI=1S/C27H27NO5/c1-4-9-28-26(32)17-7-6-16-18(23(17)27(28)33)12-19-24(21(30)11-14(3)25(19)31)22(16)15-5-8-20(29)13(2)10-15/h5-6,8,10-11,17-18,22-23,29H,4,7,9,12H2,1-3H3. The van der Waals surface area contributed by atoms with Crippen molar-refractivity contribution in [1.29, 1.82) is 0 Å². The molecular formula is C27H27NO5. The number of phenolic OH excluding ortho intramolecular Hbond substituents is 1. The summed E-state index contributed by atoms with van der Waals surface area (Å²) in [5, 5.41) is 10.1. The number of phenols is 1. The molecule has 4 atom stereocenters. The van der Waals surface area contributed by atoms with E-state index in [0.29, 0.717) is 48.1 Å². The molecule has 4 aliphatic rings. The zero-order chi connectivity index (χ0) is 23.6. The predicted molar refractivity (Wildman–Crippen MR) is 121 cm³/mol. The van der Waals surface area contributed by atoms with Gasteiger partial charge >= 0.3 is 0 Å². The van der Waals surface area contributed by atoms with Gasteiger partial charge in [0.25, 0.3) is 0 Å². The van der Waals surface area contributed by atoms with E-state index in [1.165, 1.54) is 11.0 Å². The van der Waals surface area contributed by atoms with E-state index in [0.717, 1.165) is 11.1 Å². The van der Waals surface area contributed by atoms with E-state index < -0.39 is 17.8 Å². The molecule has 1 aromatic rings. The summed E-state index contributed by atoms with van der Waals surface area (Å²) in [6, 6.07) is 5.22. The van der Waals surface area contributed by atoms with Crippen LogP contribution in [0.1, 0.15) is 50.2 Å². The van der Waals surface area contributed by atoms with E-state index in [1.54, 1.807) is 26.0 Å². The van der Waals surface area contributed by atoms with Gasteiger partial charge in [0.15, 0.2) is 11.6 Å². The van der Waals surface area contributed by atoms with Crippen molar-refractivity contribution in [2.45, 2.75) is 46.0 Å². The average molecular weight is 446 g/mol. The maximum Gasteiger partial charge on any atom is 0.233 e. The van der Waals surface area contributed by atoms with E-state index in [1.807, 2.05) is 19.1 Å². The SMILES string of the molecule is CCCN1C(=O)C2CC=C3C(c4ccc(O)c(C)c4)C4=C(CC3C2C1=O)C(=O)C(C)=CC4=O. The van der Waals surface area contributed by atoms with Gasteiger partial charge in [0.05, 0.1) is 11.8 Å². The summed E-state index contributed by atoms with van der Waals surface area (Å²) in [5.41, 5.74) is 3.76. The fraction of sp³-hybridized carbons (Fsp3) is 0.407. The molecule has 170 valence electrons. The number of aromatic hydroxyl groups is 1. The molecule has 1 aliphatic heterocycles. The molecule has 0 saturated carbocycles. The predicted octanol–water partition coefficient (Wildman–Crippen LogP) is 3.54. The van der Waals surface area contributed by atoms with Gasteiger partial charge in [-0.05, 0) is 62.3 Å². The molecule has 1 heterocycles. The third-order valence-corrected chi connectivity index (χ3v) is 7.65. The van der Waals surface area contributed by atoms with Crippen LogP contribution in [0.3, 0.4) is 0 Å². The topological polar surface area (TPSA) is 91.8 Å². The minimum atomic E-state index is -0.507. The Labute approximate surface area is 192 Å². The smallest absolute Gasteiger partial charge is 0.233 e. The van der Waals surface area contributed by atoms with Crippen molar-refractivity contribution in [3.63, 3.8) is 0 Å². The fourth-order valence-electron chi connectivity index (χ4n) is 6.13. The third-order valence-electron chi connectivity index (χ3n) is 7.65. The van der Waals surface area contributed by atoms with Gasteiger partial charge in [-0.25, -0.2) is 0 Å². The maximum absolute atomic E-state index is 13.4. The van der Waals surface area contributed by atoms with Gasteiger partial charge in [0.2, 0.25) is 11.8 Å². The number of Topliss-reactive ketones (excluding diaryl/α,β-unsaturated/α-hetero) is 1. The Morgan fingerprint density at radius 2 is 1.82 bits per heavy atom. The second-order valence-electron chi connectivity index (χ2n) is 9.60. The number of aryl methyl sites for hydroxylation is 1. The highest BCUT2D eigenvalue weighted by atomic mass is 16.3. The summed E-state index contributed by atoms with van der Waals surface area (Å²) in [5.74, 6) is -2.15. The molecule has 6 nitrogen and oxygen atoms in total. The van der Waals surface area contributed by atoms with E-state index >= 15 is 0 Å². The number of rotatable bonds is 3. The van der Waals surface area contributed by atoms with Crippen LogP contribution in [0.5, 0.6) is 5.75 Å². The zero-order valence-corrected chi connectivity index (χ0v) is 19.1. The van der Waals surface area contributed by atoms with E-state index in [4.69, 9.17) is 0 Å². The Bertz CT molecular complexity index is 1220. The molecule has 1 fully saturated rings. The number of hydrogen-bond acceptors (Lipinski definition) is 5. The first-order chi connectivity index (χ1) is 15.7. The number of ketones is 2. The summed E-state index contributed by atoms with van der Waals surface area (Å²) >= 11 is 0. The zero-order valence-electron chi connectivity index (χ0n) is 19.1. The molecule has 0 spiro atoms. The van der Waals surface area contributed by atoms with Crippen molar-refractivity contribution in [2.24, 2.45) is 17.8 Å². The Kier molecular flexibility index (Phi) is 5.00. The third kappa shape index (κ3) is 3.07. The molecule has 4 unspecified atom stereocenters. The molecule has 1 saturated heterocycles. The summed E-state index contributed by atoms with van der Waals surface area (Å²) in [7, 11) is 0. The number of carbonyl (C=O) groups excluding carboxylic acids is 4. The molecular weight excluding hydrogens is 418 g/mol. The molecule has 1 N–H and O–H groups in total. The number of hydrogen-bond donors (Lipinski definition) is 1. The Balaban J connectivity index is 1.68. The molecule has 33 heavy (non-hydrogen) atoms. The summed E-state index contributed by atoms with van der Waals surface area (Å²) in [4.78, 5) is 54.1. The van der Waals surface area contributed by atoms with Crippen molar-refractivity contribution in [1.82, 2.24) is 4.90 Å². The number of likely N-dealkylation sites (tertiary alicyclic amines) is 1. The molecule has 2 amide bonds. The van der Waals surface area contributed by atoms with Gasteiger partial charge in [0, 0.05) is 29.2 Å². The molecule has 0 radical (unpaired) electrons.